The fraction of sp³-hybridized carbons (Fsp3) is 0.933. The molecule has 110 valence electrons. The Labute approximate surface area is 118 Å². The van der Waals surface area contributed by atoms with Gasteiger partial charge >= 0.3 is 0 Å². The van der Waals surface area contributed by atoms with Gasteiger partial charge in [0.2, 0.25) is 0 Å². The summed E-state index contributed by atoms with van der Waals surface area (Å²) in [5.41, 5.74) is -0.365. The lowest BCUT2D eigenvalue weighted by atomic mass is 9.96. The Morgan fingerprint density at radius 3 is 2.89 bits per heavy atom. The molecule has 0 spiro atoms. The molecule has 1 fully saturated rings. The Morgan fingerprint density at radius 1 is 1.47 bits per heavy atom. The Bertz CT molecular complexity index is 288. The number of nitrogens with zero attached hydrogens (tertiary/aromatic N) is 2. The predicted octanol–water partition coefficient (Wildman–Crippen LogP) is 2.16. The van der Waals surface area contributed by atoms with Crippen molar-refractivity contribution in [2.45, 2.75) is 57.6 Å². The molecule has 0 bridgehead atoms. The molecule has 0 aromatic rings. The van der Waals surface area contributed by atoms with Crippen molar-refractivity contribution in [3.63, 3.8) is 0 Å². The van der Waals surface area contributed by atoms with E-state index in [1.54, 1.807) is 0 Å². The number of nitriles is 1. The first-order valence-corrected chi connectivity index (χ1v) is 7.57. The maximum atomic E-state index is 9.09. The summed E-state index contributed by atoms with van der Waals surface area (Å²) in [5.74, 6) is 0. The molecule has 1 N–H and O–H groups in total. The van der Waals surface area contributed by atoms with Gasteiger partial charge in [-0.05, 0) is 66.1 Å². The third-order valence-corrected chi connectivity index (χ3v) is 4.06. The quantitative estimate of drug-likeness (QED) is 0.685. The Kier molecular flexibility index (Phi) is 7.37. The SMILES string of the molecule is CCOC1CCCN(CCCCC(C)(C#N)NC)C1. The maximum absolute atomic E-state index is 9.09. The van der Waals surface area contributed by atoms with Crippen LogP contribution in [0.25, 0.3) is 0 Å². The number of unbranched alkanes of at least 4 members (excludes halogenated alkanes) is 1. The summed E-state index contributed by atoms with van der Waals surface area (Å²) in [5, 5.41) is 12.2. The zero-order chi connectivity index (χ0) is 14.1. The van der Waals surface area contributed by atoms with Crippen LogP contribution in [0.5, 0.6) is 0 Å². The van der Waals surface area contributed by atoms with Crippen molar-refractivity contribution < 1.29 is 4.74 Å². The van der Waals surface area contributed by atoms with Crippen molar-refractivity contribution in [3.05, 3.63) is 0 Å². The molecule has 0 aromatic heterocycles. The van der Waals surface area contributed by atoms with E-state index >= 15 is 0 Å². The number of piperidine rings is 1. The topological polar surface area (TPSA) is 48.3 Å². The minimum Gasteiger partial charge on any atom is -0.377 e. The second kappa shape index (κ2) is 8.52. The highest BCUT2D eigenvalue weighted by Gasteiger charge is 2.22. The number of likely N-dealkylation sites (tertiary alicyclic amines) is 1. The van der Waals surface area contributed by atoms with Crippen molar-refractivity contribution in [2.24, 2.45) is 0 Å². The van der Waals surface area contributed by atoms with E-state index in [2.05, 4.69) is 23.2 Å². The summed E-state index contributed by atoms with van der Waals surface area (Å²) in [6.07, 6.45) is 6.06. The van der Waals surface area contributed by atoms with Gasteiger partial charge in [0.1, 0.15) is 5.54 Å². The van der Waals surface area contributed by atoms with Crippen molar-refractivity contribution >= 4 is 0 Å². The third kappa shape index (κ3) is 5.90. The summed E-state index contributed by atoms with van der Waals surface area (Å²) in [6, 6.07) is 2.35. The van der Waals surface area contributed by atoms with Crippen LogP contribution < -0.4 is 5.32 Å². The molecule has 2 unspecified atom stereocenters. The average Bonchev–Trinajstić information content (AvgIpc) is 2.44. The molecule has 19 heavy (non-hydrogen) atoms. The summed E-state index contributed by atoms with van der Waals surface area (Å²) in [4.78, 5) is 2.51. The number of nitrogens with one attached hydrogen (secondary N) is 1. The normalized spacial score (nSPS) is 23.8. The molecular weight excluding hydrogens is 238 g/mol. The van der Waals surface area contributed by atoms with Gasteiger partial charge in [-0.2, -0.15) is 5.26 Å². The minimum absolute atomic E-state index is 0.365. The standard InChI is InChI=1S/C15H29N3O/c1-4-19-14-8-7-11-18(12-14)10-6-5-9-15(2,13-16)17-3/h14,17H,4-12H2,1-3H3. The van der Waals surface area contributed by atoms with Gasteiger partial charge in [-0.15, -0.1) is 0 Å². The molecule has 0 amide bonds. The molecule has 0 saturated carbocycles. The molecule has 1 heterocycles. The van der Waals surface area contributed by atoms with E-state index in [9.17, 15) is 0 Å². The lowest BCUT2D eigenvalue weighted by Gasteiger charge is -2.32. The van der Waals surface area contributed by atoms with Gasteiger partial charge in [0.25, 0.3) is 0 Å². The molecule has 1 saturated heterocycles. The van der Waals surface area contributed by atoms with Gasteiger partial charge in [0.05, 0.1) is 12.2 Å². The van der Waals surface area contributed by atoms with Crippen molar-refractivity contribution in [1.29, 1.82) is 5.26 Å². The lowest BCUT2D eigenvalue weighted by Crippen LogP contribution is -2.40. The second-order valence-corrected chi connectivity index (χ2v) is 5.67. The molecule has 1 aliphatic heterocycles. The van der Waals surface area contributed by atoms with Crippen LogP contribution in [0.15, 0.2) is 0 Å². The number of ether oxygens (including phenoxy) is 1. The van der Waals surface area contributed by atoms with E-state index in [4.69, 9.17) is 10.00 Å². The number of hydrogen-bond acceptors (Lipinski definition) is 4. The fourth-order valence-corrected chi connectivity index (χ4v) is 2.64. The van der Waals surface area contributed by atoms with Gasteiger partial charge in [-0.3, -0.25) is 0 Å². The van der Waals surface area contributed by atoms with Crippen LogP contribution in [0.3, 0.4) is 0 Å². The average molecular weight is 267 g/mol. The predicted molar refractivity (Wildman–Crippen MR) is 78.0 cm³/mol. The first kappa shape index (κ1) is 16.4. The highest BCUT2D eigenvalue weighted by molar-refractivity contribution is 5.02. The van der Waals surface area contributed by atoms with Crippen LogP contribution in [0, 0.1) is 11.3 Å². The van der Waals surface area contributed by atoms with E-state index in [1.807, 2.05) is 14.0 Å². The van der Waals surface area contributed by atoms with Crippen LogP contribution >= 0.6 is 0 Å². The first-order valence-electron chi connectivity index (χ1n) is 7.57. The molecule has 1 aliphatic rings. The maximum Gasteiger partial charge on any atom is 0.103 e. The summed E-state index contributed by atoms with van der Waals surface area (Å²) in [7, 11) is 1.86. The number of rotatable bonds is 8. The van der Waals surface area contributed by atoms with Crippen LogP contribution in [0.4, 0.5) is 0 Å². The van der Waals surface area contributed by atoms with Crippen LogP contribution in [-0.4, -0.2) is 49.8 Å². The smallest absolute Gasteiger partial charge is 0.103 e. The molecule has 0 aromatic carbocycles. The van der Waals surface area contributed by atoms with E-state index < -0.39 is 0 Å². The van der Waals surface area contributed by atoms with E-state index in [1.165, 1.54) is 19.4 Å². The first-order chi connectivity index (χ1) is 9.13. The molecule has 0 radical (unpaired) electrons. The van der Waals surface area contributed by atoms with Gasteiger partial charge in [0, 0.05) is 13.2 Å². The zero-order valence-corrected chi connectivity index (χ0v) is 12.7. The van der Waals surface area contributed by atoms with Gasteiger partial charge < -0.3 is 15.0 Å². The number of hydrogen-bond donors (Lipinski definition) is 1. The fourth-order valence-electron chi connectivity index (χ4n) is 2.64. The molecule has 4 heteroatoms. The molecule has 1 rings (SSSR count). The summed E-state index contributed by atoms with van der Waals surface area (Å²) in [6.45, 7) is 8.27. The Morgan fingerprint density at radius 2 is 2.26 bits per heavy atom. The molecular formula is C15H29N3O. The highest BCUT2D eigenvalue weighted by atomic mass is 16.5. The monoisotopic (exact) mass is 267 g/mol. The van der Waals surface area contributed by atoms with Crippen LogP contribution in [-0.2, 0) is 4.74 Å². The van der Waals surface area contributed by atoms with Crippen molar-refractivity contribution in [1.82, 2.24) is 10.2 Å². The molecule has 0 aliphatic carbocycles. The third-order valence-electron chi connectivity index (χ3n) is 4.06. The molecule has 2 atom stereocenters. The summed E-state index contributed by atoms with van der Waals surface area (Å²) < 4.78 is 5.71. The largest absolute Gasteiger partial charge is 0.377 e. The second-order valence-electron chi connectivity index (χ2n) is 5.67. The van der Waals surface area contributed by atoms with Gasteiger partial charge in [-0.25, -0.2) is 0 Å². The van der Waals surface area contributed by atoms with E-state index in [0.29, 0.717) is 6.10 Å². The van der Waals surface area contributed by atoms with Gasteiger partial charge in [0.15, 0.2) is 0 Å². The van der Waals surface area contributed by atoms with Crippen LogP contribution in [0.2, 0.25) is 0 Å². The molecule has 4 nitrogen and oxygen atoms in total. The minimum atomic E-state index is -0.365. The highest BCUT2D eigenvalue weighted by Crippen LogP contribution is 2.16. The van der Waals surface area contributed by atoms with Crippen molar-refractivity contribution in [3.8, 4) is 6.07 Å². The van der Waals surface area contributed by atoms with Crippen molar-refractivity contribution in [2.75, 3.05) is 33.3 Å². The zero-order valence-electron chi connectivity index (χ0n) is 12.7. The lowest BCUT2D eigenvalue weighted by molar-refractivity contribution is 0.00552. The summed E-state index contributed by atoms with van der Waals surface area (Å²) >= 11 is 0. The van der Waals surface area contributed by atoms with Crippen LogP contribution in [0.1, 0.15) is 46.0 Å². The van der Waals surface area contributed by atoms with E-state index in [-0.39, 0.29) is 5.54 Å². The van der Waals surface area contributed by atoms with E-state index in [0.717, 1.165) is 39.0 Å². The Balaban J connectivity index is 2.17. The Hall–Kier alpha value is -0.630. The van der Waals surface area contributed by atoms with Gasteiger partial charge in [-0.1, -0.05) is 0 Å².